The molecule has 0 saturated carbocycles. The molecule has 4 nitrogen and oxygen atoms in total. The highest BCUT2D eigenvalue weighted by Gasteiger charge is 2.24. The van der Waals surface area contributed by atoms with Crippen LogP contribution in [0.4, 0.5) is 4.79 Å². The molecule has 1 fully saturated rings. The maximum Gasteiger partial charge on any atom is 0.324 e. The molecule has 0 unspecified atom stereocenters. The van der Waals surface area contributed by atoms with Gasteiger partial charge in [-0.2, -0.15) is 0 Å². The minimum atomic E-state index is -0.357. The number of carbonyl (C=O) groups excluding carboxylic acids is 2. The van der Waals surface area contributed by atoms with Crippen molar-refractivity contribution in [3.8, 4) is 0 Å². The molecule has 1 aliphatic rings. The SMILES string of the molecule is O=C1CN(CC=CCl)C(=O)N1. The van der Waals surface area contributed by atoms with Crippen molar-refractivity contribution >= 4 is 23.5 Å². The Labute approximate surface area is 68.8 Å². The van der Waals surface area contributed by atoms with Crippen LogP contribution in [-0.2, 0) is 4.79 Å². The van der Waals surface area contributed by atoms with Crippen LogP contribution >= 0.6 is 11.6 Å². The predicted molar refractivity (Wildman–Crippen MR) is 40.1 cm³/mol. The molecule has 0 aliphatic carbocycles. The third-order valence-corrected chi connectivity index (χ3v) is 1.46. The zero-order chi connectivity index (χ0) is 8.27. The van der Waals surface area contributed by atoms with Gasteiger partial charge in [-0.05, 0) is 0 Å². The van der Waals surface area contributed by atoms with Gasteiger partial charge in [-0.15, -0.1) is 0 Å². The molecule has 3 amide bonds. The van der Waals surface area contributed by atoms with E-state index in [9.17, 15) is 9.59 Å². The average molecular weight is 175 g/mol. The summed E-state index contributed by atoms with van der Waals surface area (Å²) in [7, 11) is 0. The quantitative estimate of drug-likeness (QED) is 0.612. The lowest BCUT2D eigenvalue weighted by molar-refractivity contribution is -0.118. The number of halogens is 1. The van der Waals surface area contributed by atoms with Crippen molar-refractivity contribution in [3.63, 3.8) is 0 Å². The first kappa shape index (κ1) is 8.07. The number of hydrogen-bond acceptors (Lipinski definition) is 2. The van der Waals surface area contributed by atoms with Crippen molar-refractivity contribution in [3.05, 3.63) is 11.6 Å². The molecule has 1 heterocycles. The van der Waals surface area contributed by atoms with E-state index in [1.807, 2.05) is 0 Å². The van der Waals surface area contributed by atoms with E-state index in [0.717, 1.165) is 0 Å². The van der Waals surface area contributed by atoms with E-state index in [4.69, 9.17) is 11.6 Å². The molecule has 0 radical (unpaired) electrons. The van der Waals surface area contributed by atoms with Gasteiger partial charge in [0.1, 0.15) is 6.54 Å². The van der Waals surface area contributed by atoms with Crippen LogP contribution in [0.2, 0.25) is 0 Å². The zero-order valence-corrected chi connectivity index (χ0v) is 6.47. The van der Waals surface area contributed by atoms with E-state index in [1.165, 1.54) is 10.4 Å². The summed E-state index contributed by atoms with van der Waals surface area (Å²) in [6, 6.07) is -0.357. The van der Waals surface area contributed by atoms with Gasteiger partial charge in [0.15, 0.2) is 0 Å². The van der Waals surface area contributed by atoms with E-state index in [-0.39, 0.29) is 18.5 Å². The van der Waals surface area contributed by atoms with Gasteiger partial charge in [-0.1, -0.05) is 17.7 Å². The minimum absolute atomic E-state index is 0.125. The number of hydrogen-bond donors (Lipinski definition) is 1. The standard InChI is InChI=1S/C6H7ClN2O2/c7-2-1-3-9-4-5(10)8-6(9)11/h1-2H,3-4H2,(H,8,10,11). The number of rotatable bonds is 2. The molecule has 0 aromatic heterocycles. The average Bonchev–Trinajstić information content (AvgIpc) is 2.26. The smallest absolute Gasteiger partial charge is 0.311 e. The predicted octanol–water partition coefficient (Wildman–Crippen LogP) is 0.291. The van der Waals surface area contributed by atoms with Gasteiger partial charge in [-0.3, -0.25) is 10.1 Å². The van der Waals surface area contributed by atoms with Crippen LogP contribution in [0.1, 0.15) is 0 Å². The van der Waals surface area contributed by atoms with Gasteiger partial charge < -0.3 is 4.90 Å². The lowest BCUT2D eigenvalue weighted by atomic mass is 10.5. The Hall–Kier alpha value is -1.03. The van der Waals surface area contributed by atoms with E-state index in [2.05, 4.69) is 5.32 Å². The molecule has 0 atom stereocenters. The van der Waals surface area contributed by atoms with Gasteiger partial charge in [0.05, 0.1) is 0 Å². The Morgan fingerprint density at radius 3 is 2.82 bits per heavy atom. The van der Waals surface area contributed by atoms with E-state index in [1.54, 1.807) is 6.08 Å². The highest BCUT2D eigenvalue weighted by Crippen LogP contribution is 1.97. The van der Waals surface area contributed by atoms with Crippen LogP contribution in [0.25, 0.3) is 0 Å². The highest BCUT2D eigenvalue weighted by molar-refractivity contribution is 6.25. The van der Waals surface area contributed by atoms with Gasteiger partial charge in [0.2, 0.25) is 5.91 Å². The second-order valence-corrected chi connectivity index (χ2v) is 2.35. The van der Waals surface area contributed by atoms with E-state index < -0.39 is 0 Å². The van der Waals surface area contributed by atoms with Crippen LogP contribution in [0.3, 0.4) is 0 Å². The van der Waals surface area contributed by atoms with Crippen LogP contribution in [0.15, 0.2) is 11.6 Å². The lowest BCUT2D eigenvalue weighted by Crippen LogP contribution is -2.28. The second kappa shape index (κ2) is 3.39. The van der Waals surface area contributed by atoms with Crippen molar-refractivity contribution in [2.75, 3.05) is 13.1 Å². The summed E-state index contributed by atoms with van der Waals surface area (Å²) in [5, 5.41) is 2.15. The van der Waals surface area contributed by atoms with Crippen LogP contribution in [0.5, 0.6) is 0 Å². The molecule has 1 N–H and O–H groups in total. The first-order valence-corrected chi connectivity index (χ1v) is 3.51. The fourth-order valence-electron chi connectivity index (χ4n) is 0.798. The summed E-state index contributed by atoms with van der Waals surface area (Å²) in [4.78, 5) is 22.8. The molecule has 11 heavy (non-hydrogen) atoms. The second-order valence-electron chi connectivity index (χ2n) is 2.10. The summed E-state index contributed by atoms with van der Waals surface area (Å²) in [6.07, 6.45) is 1.60. The summed E-state index contributed by atoms with van der Waals surface area (Å²) < 4.78 is 0. The first-order chi connectivity index (χ1) is 5.24. The molecule has 0 aromatic carbocycles. The Balaban J connectivity index is 2.47. The number of amides is 3. The van der Waals surface area contributed by atoms with Gasteiger partial charge in [0.25, 0.3) is 0 Å². The number of imide groups is 1. The Morgan fingerprint density at radius 1 is 1.64 bits per heavy atom. The fraction of sp³-hybridized carbons (Fsp3) is 0.333. The van der Waals surface area contributed by atoms with Crippen molar-refractivity contribution in [1.82, 2.24) is 10.2 Å². The monoisotopic (exact) mass is 174 g/mol. The number of nitrogens with one attached hydrogen (secondary N) is 1. The van der Waals surface area contributed by atoms with E-state index in [0.29, 0.717) is 6.54 Å². The first-order valence-electron chi connectivity index (χ1n) is 3.08. The van der Waals surface area contributed by atoms with Gasteiger partial charge >= 0.3 is 6.03 Å². The third kappa shape index (κ3) is 1.94. The molecule has 1 rings (SSSR count). The largest absolute Gasteiger partial charge is 0.324 e. The van der Waals surface area contributed by atoms with E-state index >= 15 is 0 Å². The van der Waals surface area contributed by atoms with Gasteiger partial charge in [0, 0.05) is 12.1 Å². The minimum Gasteiger partial charge on any atom is -0.311 e. The fourth-order valence-corrected chi connectivity index (χ4v) is 0.877. The maximum absolute atomic E-state index is 10.8. The molecule has 1 saturated heterocycles. The number of nitrogens with zero attached hydrogens (tertiary/aromatic N) is 1. The van der Waals surface area contributed by atoms with Crippen molar-refractivity contribution in [1.29, 1.82) is 0 Å². The molecule has 1 aliphatic heterocycles. The lowest BCUT2D eigenvalue weighted by Gasteiger charge is -2.07. The van der Waals surface area contributed by atoms with Crippen LogP contribution < -0.4 is 5.32 Å². The Morgan fingerprint density at radius 2 is 2.36 bits per heavy atom. The van der Waals surface area contributed by atoms with Crippen molar-refractivity contribution in [2.24, 2.45) is 0 Å². The summed E-state index contributed by atoms with van der Waals surface area (Å²) in [5.74, 6) is -0.266. The summed E-state index contributed by atoms with van der Waals surface area (Å²) in [6.45, 7) is 0.501. The molecular formula is C6H7ClN2O2. The molecule has 0 aromatic rings. The zero-order valence-electron chi connectivity index (χ0n) is 5.71. The molecule has 5 heteroatoms. The summed E-state index contributed by atoms with van der Waals surface area (Å²) >= 11 is 5.24. The van der Waals surface area contributed by atoms with Crippen LogP contribution in [0, 0.1) is 0 Å². The topological polar surface area (TPSA) is 49.4 Å². The Kier molecular flexibility index (Phi) is 2.48. The maximum atomic E-state index is 10.8. The number of carbonyl (C=O) groups is 2. The molecule has 0 bridgehead atoms. The highest BCUT2D eigenvalue weighted by atomic mass is 35.5. The molecule has 60 valence electrons. The molecule has 0 spiro atoms. The van der Waals surface area contributed by atoms with Gasteiger partial charge in [-0.25, -0.2) is 4.79 Å². The summed E-state index contributed by atoms with van der Waals surface area (Å²) in [5.41, 5.74) is 1.32. The number of urea groups is 1. The van der Waals surface area contributed by atoms with Crippen molar-refractivity contribution in [2.45, 2.75) is 0 Å². The van der Waals surface area contributed by atoms with Crippen molar-refractivity contribution < 1.29 is 9.59 Å². The third-order valence-electron chi connectivity index (χ3n) is 1.28. The Bertz CT molecular complexity index is 215. The van der Waals surface area contributed by atoms with Crippen LogP contribution in [-0.4, -0.2) is 29.9 Å². The normalized spacial score (nSPS) is 18.1. The molecular weight excluding hydrogens is 168 g/mol.